The fourth-order valence-corrected chi connectivity index (χ4v) is 1.76. The van der Waals surface area contributed by atoms with Crippen LogP contribution in [0.3, 0.4) is 0 Å². The minimum atomic E-state index is -0.601. The number of carbonyl (C=O) groups excluding carboxylic acids is 1. The molecule has 0 radical (unpaired) electrons. The second-order valence-electron chi connectivity index (χ2n) is 4.04. The van der Waals surface area contributed by atoms with E-state index in [2.05, 4.69) is 25.9 Å². The minimum Gasteiger partial charge on any atom is -0.352 e. The maximum Gasteiger partial charge on any atom is 0.312 e. The van der Waals surface area contributed by atoms with Gasteiger partial charge in [-0.15, -0.1) is 10.2 Å². The Morgan fingerprint density at radius 3 is 2.63 bits per heavy atom. The number of rotatable bonds is 5. The predicted molar refractivity (Wildman–Crippen MR) is 67.7 cm³/mol. The number of H-pyrrole nitrogens is 1. The monoisotopic (exact) mass is 261 g/mol. The summed E-state index contributed by atoms with van der Waals surface area (Å²) in [6.07, 6.45) is 0.404. The van der Waals surface area contributed by atoms with Gasteiger partial charge < -0.3 is 16.8 Å². The molecule has 8 nitrogen and oxygen atoms in total. The van der Waals surface area contributed by atoms with Crippen molar-refractivity contribution in [1.82, 2.24) is 25.9 Å². The van der Waals surface area contributed by atoms with E-state index < -0.39 is 6.03 Å². The van der Waals surface area contributed by atoms with Gasteiger partial charge in [-0.3, -0.25) is 0 Å². The minimum absolute atomic E-state index is 0.304. The number of aromatic amines is 1. The first kappa shape index (κ1) is 13.0. The summed E-state index contributed by atoms with van der Waals surface area (Å²) in [5, 5.41) is 16.2. The van der Waals surface area contributed by atoms with E-state index in [0.29, 0.717) is 18.8 Å². The van der Waals surface area contributed by atoms with E-state index >= 15 is 0 Å². The summed E-state index contributed by atoms with van der Waals surface area (Å²) >= 11 is 0. The number of hydrogen-bond acceptors (Lipinski definition) is 5. The summed E-state index contributed by atoms with van der Waals surface area (Å²) in [5.41, 5.74) is 12.6. The number of tetrazole rings is 1. The lowest BCUT2D eigenvalue weighted by Gasteiger charge is -2.16. The summed E-state index contributed by atoms with van der Waals surface area (Å²) in [5.74, 6) is 0.502. The molecule has 1 atom stereocenters. The topological polar surface area (TPSA) is 136 Å². The normalized spacial score (nSPS) is 12.1. The zero-order valence-electron chi connectivity index (χ0n) is 10.2. The van der Waals surface area contributed by atoms with Gasteiger partial charge in [-0.2, -0.15) is 5.21 Å². The zero-order valence-corrected chi connectivity index (χ0v) is 10.2. The van der Waals surface area contributed by atoms with Crippen molar-refractivity contribution in [3.63, 3.8) is 0 Å². The van der Waals surface area contributed by atoms with Gasteiger partial charge in [-0.05, 0) is 11.1 Å². The van der Waals surface area contributed by atoms with Gasteiger partial charge in [0, 0.05) is 13.0 Å². The number of carbonyl (C=O) groups is 1. The lowest BCUT2D eigenvalue weighted by Crippen LogP contribution is -2.34. The second-order valence-corrected chi connectivity index (χ2v) is 4.04. The summed E-state index contributed by atoms with van der Waals surface area (Å²) < 4.78 is 0. The number of primary amides is 1. The van der Waals surface area contributed by atoms with Gasteiger partial charge in [-0.25, -0.2) is 4.79 Å². The largest absolute Gasteiger partial charge is 0.352 e. The number of nitrogens with zero attached hydrogens (tertiary/aromatic N) is 3. The molecule has 0 fully saturated rings. The van der Waals surface area contributed by atoms with Crippen molar-refractivity contribution in [3.05, 3.63) is 41.2 Å². The fourth-order valence-electron chi connectivity index (χ4n) is 1.76. The highest BCUT2D eigenvalue weighted by molar-refractivity contribution is 5.72. The van der Waals surface area contributed by atoms with Gasteiger partial charge in [-0.1, -0.05) is 29.5 Å². The second kappa shape index (κ2) is 5.91. The highest BCUT2D eigenvalue weighted by atomic mass is 16.2. The Balaban J connectivity index is 2.17. The summed E-state index contributed by atoms with van der Waals surface area (Å²) in [7, 11) is 0. The van der Waals surface area contributed by atoms with Crippen molar-refractivity contribution in [2.45, 2.75) is 19.0 Å². The fraction of sp³-hybridized carbons (Fsp3) is 0.273. The average Bonchev–Trinajstić information content (AvgIpc) is 2.90. The molecule has 0 spiro atoms. The van der Waals surface area contributed by atoms with Gasteiger partial charge >= 0.3 is 6.03 Å². The standard InChI is InChI=1S/C11H15N7O/c12-6-7-1-3-8(4-2-7)9(14-11(13)19)5-10-15-17-18-16-10/h1-4,9H,5-6,12H2,(H3,13,14,19)(H,15,16,17,18)/t9-/m0/s1. The van der Waals surface area contributed by atoms with E-state index in [1.54, 1.807) is 0 Å². The van der Waals surface area contributed by atoms with E-state index in [1.807, 2.05) is 24.3 Å². The molecule has 0 aliphatic heterocycles. The van der Waals surface area contributed by atoms with Crippen molar-refractivity contribution in [1.29, 1.82) is 0 Å². The van der Waals surface area contributed by atoms with Crippen molar-refractivity contribution < 1.29 is 4.79 Å². The maximum atomic E-state index is 11.1. The average molecular weight is 261 g/mol. The van der Waals surface area contributed by atoms with Crippen LogP contribution < -0.4 is 16.8 Å². The third-order valence-electron chi connectivity index (χ3n) is 2.71. The Morgan fingerprint density at radius 2 is 2.11 bits per heavy atom. The Labute approximate surface area is 109 Å². The molecule has 2 rings (SSSR count). The van der Waals surface area contributed by atoms with Crippen LogP contribution in [0.1, 0.15) is 23.0 Å². The SMILES string of the molecule is NCc1ccc([C@H](Cc2nn[nH]n2)NC(N)=O)cc1. The summed E-state index contributed by atoms with van der Waals surface area (Å²) in [6.45, 7) is 0.471. The first-order chi connectivity index (χ1) is 9.19. The number of benzene rings is 1. The molecular formula is C11H15N7O. The molecule has 0 unspecified atom stereocenters. The molecule has 0 bridgehead atoms. The number of aromatic nitrogens is 4. The third-order valence-corrected chi connectivity index (χ3v) is 2.71. The molecule has 2 aromatic rings. The molecule has 0 saturated heterocycles. The van der Waals surface area contributed by atoms with Crippen molar-refractivity contribution in [2.24, 2.45) is 11.5 Å². The van der Waals surface area contributed by atoms with Crippen LogP contribution in [0.5, 0.6) is 0 Å². The number of hydrogen-bond donors (Lipinski definition) is 4. The van der Waals surface area contributed by atoms with Crippen LogP contribution in [0.15, 0.2) is 24.3 Å². The molecule has 0 aliphatic rings. The molecular weight excluding hydrogens is 246 g/mol. The van der Waals surface area contributed by atoms with E-state index in [4.69, 9.17) is 11.5 Å². The van der Waals surface area contributed by atoms with Gasteiger partial charge in [0.25, 0.3) is 0 Å². The van der Waals surface area contributed by atoms with Crippen molar-refractivity contribution in [3.8, 4) is 0 Å². The third kappa shape index (κ3) is 3.49. The van der Waals surface area contributed by atoms with Gasteiger partial charge in [0.05, 0.1) is 6.04 Å². The van der Waals surface area contributed by atoms with Gasteiger partial charge in [0.2, 0.25) is 0 Å². The van der Waals surface area contributed by atoms with Crippen LogP contribution in [0, 0.1) is 0 Å². The Morgan fingerprint density at radius 1 is 1.37 bits per heavy atom. The van der Waals surface area contributed by atoms with E-state index in [-0.39, 0.29) is 6.04 Å². The molecule has 100 valence electrons. The highest BCUT2D eigenvalue weighted by Crippen LogP contribution is 2.17. The van der Waals surface area contributed by atoms with E-state index in [1.165, 1.54) is 0 Å². The van der Waals surface area contributed by atoms with Crippen LogP contribution in [0.25, 0.3) is 0 Å². The number of nitrogens with one attached hydrogen (secondary N) is 2. The van der Waals surface area contributed by atoms with Crippen LogP contribution in [0.4, 0.5) is 4.79 Å². The molecule has 1 aromatic heterocycles. The number of urea groups is 1. The molecule has 19 heavy (non-hydrogen) atoms. The molecule has 0 aliphatic carbocycles. The molecule has 2 amide bonds. The maximum absolute atomic E-state index is 11.1. The molecule has 0 saturated carbocycles. The summed E-state index contributed by atoms with van der Waals surface area (Å²) in [6, 6.07) is 6.69. The molecule has 8 heteroatoms. The lowest BCUT2D eigenvalue weighted by atomic mass is 10.0. The zero-order chi connectivity index (χ0) is 13.7. The first-order valence-corrected chi connectivity index (χ1v) is 5.76. The first-order valence-electron chi connectivity index (χ1n) is 5.76. The highest BCUT2D eigenvalue weighted by Gasteiger charge is 2.16. The van der Waals surface area contributed by atoms with Crippen molar-refractivity contribution in [2.75, 3.05) is 0 Å². The van der Waals surface area contributed by atoms with E-state index in [0.717, 1.165) is 11.1 Å². The number of amides is 2. The predicted octanol–water partition coefficient (Wildman–Crippen LogP) is -0.389. The van der Waals surface area contributed by atoms with Gasteiger partial charge in [0.15, 0.2) is 5.82 Å². The Kier molecular flexibility index (Phi) is 4.04. The molecule has 1 aromatic carbocycles. The van der Waals surface area contributed by atoms with Gasteiger partial charge in [0.1, 0.15) is 0 Å². The Bertz CT molecular complexity index is 522. The lowest BCUT2D eigenvalue weighted by molar-refractivity contribution is 0.245. The van der Waals surface area contributed by atoms with Crippen LogP contribution in [-0.4, -0.2) is 26.7 Å². The summed E-state index contributed by atoms with van der Waals surface area (Å²) in [4.78, 5) is 11.1. The smallest absolute Gasteiger partial charge is 0.312 e. The van der Waals surface area contributed by atoms with Crippen molar-refractivity contribution >= 4 is 6.03 Å². The van der Waals surface area contributed by atoms with E-state index in [9.17, 15) is 4.79 Å². The van der Waals surface area contributed by atoms with Crippen LogP contribution in [0.2, 0.25) is 0 Å². The van der Waals surface area contributed by atoms with Crippen LogP contribution in [-0.2, 0) is 13.0 Å². The quantitative estimate of drug-likeness (QED) is 0.581. The Hall–Kier alpha value is -2.48. The molecule has 6 N–H and O–H groups in total. The molecule has 1 heterocycles. The van der Waals surface area contributed by atoms with Crippen LogP contribution >= 0.6 is 0 Å². The number of nitrogens with two attached hydrogens (primary N) is 2.